The number of carbonyl (C=O) groups is 1. The van der Waals surface area contributed by atoms with E-state index in [1.54, 1.807) is 18.2 Å². The number of fused-ring (bicyclic) bond motifs is 1. The molecule has 0 fully saturated rings. The van der Waals surface area contributed by atoms with Gasteiger partial charge in [0, 0.05) is 18.3 Å². The number of hydrogen-bond acceptors (Lipinski definition) is 5. The zero-order valence-electron chi connectivity index (χ0n) is 13.6. The van der Waals surface area contributed by atoms with Crippen molar-refractivity contribution in [1.29, 1.82) is 0 Å². The highest BCUT2D eigenvalue weighted by atomic mass is 32.3. The van der Waals surface area contributed by atoms with Crippen LogP contribution >= 0.6 is 11.3 Å². The average molecular weight is 375 g/mol. The molecule has 0 radical (unpaired) electrons. The Morgan fingerprint density at radius 2 is 1.84 bits per heavy atom. The third-order valence-corrected chi connectivity index (χ3v) is 6.40. The first kappa shape index (κ1) is 17.4. The summed E-state index contributed by atoms with van der Waals surface area (Å²) in [5.74, 6) is 0.177. The van der Waals surface area contributed by atoms with Gasteiger partial charge in [0.05, 0.1) is 0 Å². The third kappa shape index (κ3) is 4.37. The lowest BCUT2D eigenvalue weighted by Crippen LogP contribution is -2.22. The highest BCUT2D eigenvalue weighted by molar-refractivity contribution is 7.89. The molecule has 2 aromatic carbocycles. The van der Waals surface area contributed by atoms with Gasteiger partial charge in [-0.15, -0.1) is 11.3 Å². The fourth-order valence-corrected chi connectivity index (χ4v) is 4.62. The number of nitrogens with one attached hydrogen (secondary N) is 1. The van der Waals surface area contributed by atoms with Gasteiger partial charge >= 0.3 is 10.1 Å². The molecule has 25 heavy (non-hydrogen) atoms. The van der Waals surface area contributed by atoms with Crippen molar-refractivity contribution in [2.45, 2.75) is 17.6 Å². The summed E-state index contributed by atoms with van der Waals surface area (Å²) in [6.07, 6.45) is 0.579. The van der Waals surface area contributed by atoms with E-state index >= 15 is 0 Å². The van der Waals surface area contributed by atoms with Crippen LogP contribution in [-0.4, -0.2) is 20.9 Å². The topological polar surface area (TPSA) is 72.5 Å². The smallest absolute Gasteiger partial charge is 0.348 e. The van der Waals surface area contributed by atoms with Gasteiger partial charge in [0.2, 0.25) is 5.91 Å². The number of rotatable bonds is 6. The third-order valence-electron chi connectivity index (χ3n) is 3.56. The Morgan fingerprint density at radius 1 is 1.08 bits per heavy atom. The molecule has 130 valence electrons. The Bertz CT molecular complexity index is 1010. The molecular formula is C18H17NO4S2. The SMILES string of the molecule is CC(=O)NCCc1ccc(S(=O)(=O)Oc2ccc3ccccc3c2)s1. The maximum Gasteiger partial charge on any atom is 0.348 e. The predicted octanol–water partition coefficient (Wildman–Crippen LogP) is 3.35. The van der Waals surface area contributed by atoms with Crippen molar-refractivity contribution < 1.29 is 17.4 Å². The van der Waals surface area contributed by atoms with Crippen LogP contribution in [0.5, 0.6) is 5.75 Å². The van der Waals surface area contributed by atoms with Crippen LogP contribution in [0.4, 0.5) is 0 Å². The van der Waals surface area contributed by atoms with Crippen LogP contribution in [0.2, 0.25) is 0 Å². The first-order chi connectivity index (χ1) is 11.9. The highest BCUT2D eigenvalue weighted by Crippen LogP contribution is 2.27. The Morgan fingerprint density at radius 3 is 2.60 bits per heavy atom. The molecule has 1 heterocycles. The summed E-state index contributed by atoms with van der Waals surface area (Å²) >= 11 is 1.15. The van der Waals surface area contributed by atoms with Gasteiger partial charge in [-0.1, -0.05) is 30.3 Å². The van der Waals surface area contributed by atoms with Crippen LogP contribution < -0.4 is 9.50 Å². The second kappa shape index (κ2) is 7.25. The Kier molecular flexibility index (Phi) is 5.06. The van der Waals surface area contributed by atoms with E-state index in [9.17, 15) is 13.2 Å². The van der Waals surface area contributed by atoms with Crippen LogP contribution in [0, 0.1) is 0 Å². The summed E-state index contributed by atoms with van der Waals surface area (Å²) < 4.78 is 30.3. The largest absolute Gasteiger partial charge is 0.378 e. The lowest BCUT2D eigenvalue weighted by Gasteiger charge is -2.06. The Labute approximate surface area is 150 Å². The molecule has 0 aliphatic rings. The first-order valence-corrected chi connectivity index (χ1v) is 9.93. The van der Waals surface area contributed by atoms with Gasteiger partial charge in [0.25, 0.3) is 0 Å². The number of benzene rings is 2. The van der Waals surface area contributed by atoms with Crippen molar-refractivity contribution in [3.63, 3.8) is 0 Å². The summed E-state index contributed by atoms with van der Waals surface area (Å²) in [5.41, 5.74) is 0. The molecule has 0 spiro atoms. The molecule has 0 saturated carbocycles. The molecule has 0 unspecified atom stereocenters. The monoisotopic (exact) mass is 375 g/mol. The van der Waals surface area contributed by atoms with Crippen molar-refractivity contribution in [3.8, 4) is 5.75 Å². The average Bonchev–Trinajstić information content (AvgIpc) is 3.04. The minimum Gasteiger partial charge on any atom is -0.378 e. The summed E-state index contributed by atoms with van der Waals surface area (Å²) in [6.45, 7) is 1.92. The molecule has 7 heteroatoms. The molecule has 1 amide bonds. The molecule has 1 aromatic heterocycles. The summed E-state index contributed by atoms with van der Waals surface area (Å²) in [7, 11) is -3.87. The van der Waals surface area contributed by atoms with Crippen LogP contribution in [-0.2, 0) is 21.3 Å². The standard InChI is InChI=1S/C18H17NO4S2/c1-13(20)19-11-10-17-8-9-18(24-17)25(21,22)23-16-7-6-14-4-2-3-5-15(14)12-16/h2-9,12H,10-11H2,1H3,(H,19,20). The normalized spacial score (nSPS) is 11.4. The molecule has 3 aromatic rings. The summed E-state index contributed by atoms with van der Waals surface area (Å²) in [5, 5.41) is 4.62. The van der Waals surface area contributed by atoms with Crippen LogP contribution in [0.25, 0.3) is 10.8 Å². The quantitative estimate of drug-likeness (QED) is 0.671. The van der Waals surface area contributed by atoms with Crippen molar-refractivity contribution in [2.75, 3.05) is 6.54 Å². The van der Waals surface area contributed by atoms with E-state index in [1.807, 2.05) is 30.3 Å². The Balaban J connectivity index is 1.74. The van der Waals surface area contributed by atoms with Crippen molar-refractivity contribution >= 4 is 38.1 Å². The van der Waals surface area contributed by atoms with Gasteiger partial charge in [0.1, 0.15) is 5.75 Å². The minimum atomic E-state index is -3.87. The van der Waals surface area contributed by atoms with Gasteiger partial charge in [-0.2, -0.15) is 8.42 Å². The number of carbonyl (C=O) groups excluding carboxylic acids is 1. The van der Waals surface area contributed by atoms with Gasteiger partial charge in [-0.3, -0.25) is 4.79 Å². The molecule has 3 rings (SSSR count). The first-order valence-electron chi connectivity index (χ1n) is 7.70. The zero-order valence-corrected chi connectivity index (χ0v) is 15.2. The van der Waals surface area contributed by atoms with E-state index < -0.39 is 10.1 Å². The fourth-order valence-electron chi connectivity index (χ4n) is 2.38. The second-order valence-corrected chi connectivity index (χ2v) is 8.44. The number of hydrogen-bond donors (Lipinski definition) is 1. The van der Waals surface area contributed by atoms with Crippen molar-refractivity contribution in [1.82, 2.24) is 5.32 Å². The van der Waals surface area contributed by atoms with Crippen LogP contribution in [0.3, 0.4) is 0 Å². The second-order valence-electron chi connectivity index (χ2n) is 5.50. The van der Waals surface area contributed by atoms with E-state index in [0.29, 0.717) is 13.0 Å². The van der Waals surface area contributed by atoms with E-state index in [4.69, 9.17) is 4.18 Å². The zero-order chi connectivity index (χ0) is 17.9. The van der Waals surface area contributed by atoms with E-state index in [2.05, 4.69) is 5.32 Å². The predicted molar refractivity (Wildman–Crippen MR) is 98.5 cm³/mol. The number of amides is 1. The van der Waals surface area contributed by atoms with Crippen LogP contribution in [0.1, 0.15) is 11.8 Å². The molecule has 0 aliphatic heterocycles. The molecule has 0 saturated heterocycles. The van der Waals surface area contributed by atoms with E-state index in [-0.39, 0.29) is 15.9 Å². The lowest BCUT2D eigenvalue weighted by molar-refractivity contribution is -0.118. The Hall–Kier alpha value is -2.38. The van der Waals surface area contributed by atoms with E-state index in [0.717, 1.165) is 27.0 Å². The molecule has 0 atom stereocenters. The maximum atomic E-state index is 12.5. The van der Waals surface area contributed by atoms with Gasteiger partial charge in [-0.25, -0.2) is 0 Å². The fraction of sp³-hybridized carbons (Fsp3) is 0.167. The molecule has 0 bridgehead atoms. The molecule has 5 nitrogen and oxygen atoms in total. The highest BCUT2D eigenvalue weighted by Gasteiger charge is 2.19. The van der Waals surface area contributed by atoms with Crippen molar-refractivity contribution in [2.24, 2.45) is 0 Å². The minimum absolute atomic E-state index is 0.107. The molecule has 0 aliphatic carbocycles. The van der Waals surface area contributed by atoms with Crippen LogP contribution in [0.15, 0.2) is 58.8 Å². The summed E-state index contributed by atoms with van der Waals surface area (Å²) in [6, 6.07) is 16.1. The lowest BCUT2D eigenvalue weighted by atomic mass is 10.1. The maximum absolute atomic E-state index is 12.5. The van der Waals surface area contributed by atoms with E-state index in [1.165, 1.54) is 13.0 Å². The van der Waals surface area contributed by atoms with Gasteiger partial charge in [-0.05, 0) is 41.5 Å². The van der Waals surface area contributed by atoms with Crippen molar-refractivity contribution in [3.05, 3.63) is 59.5 Å². The van der Waals surface area contributed by atoms with Gasteiger partial charge < -0.3 is 9.50 Å². The molecular weight excluding hydrogens is 358 g/mol. The van der Waals surface area contributed by atoms with Gasteiger partial charge in [0.15, 0.2) is 4.21 Å². The molecule has 1 N–H and O–H groups in total. The number of thiophene rings is 1. The summed E-state index contributed by atoms with van der Waals surface area (Å²) in [4.78, 5) is 11.7.